The monoisotopic (exact) mass is 387 g/mol. The van der Waals surface area contributed by atoms with Crippen LogP contribution in [0.2, 0.25) is 0 Å². The number of non-ortho nitro benzene ring substituents is 1. The number of carbonyl (C=O) groups excluding carboxylic acids is 1. The molecule has 3 rings (SSSR count). The molecule has 7 heteroatoms. The second-order valence-electron chi connectivity index (χ2n) is 5.38. The number of hydrogen-bond donors (Lipinski definition) is 0. The van der Waals surface area contributed by atoms with Crippen molar-refractivity contribution in [2.45, 2.75) is 6.42 Å². The Bertz CT molecular complexity index is 818. The van der Waals surface area contributed by atoms with Gasteiger partial charge in [-0.25, -0.2) is 0 Å². The highest BCUT2D eigenvalue weighted by Gasteiger charge is 2.22. The molecule has 0 N–H and O–H groups in total. The number of rotatable bonds is 3. The fourth-order valence-corrected chi connectivity index (χ4v) is 2.84. The minimum absolute atomic E-state index is 0.0117. The van der Waals surface area contributed by atoms with Gasteiger partial charge >= 0.3 is 0 Å². The Labute approximate surface area is 147 Å². The molecule has 0 aliphatic carbocycles. The maximum absolute atomic E-state index is 12.7. The van der Waals surface area contributed by atoms with Crippen LogP contribution in [0, 0.1) is 10.1 Å². The van der Waals surface area contributed by atoms with Gasteiger partial charge in [-0.2, -0.15) is 0 Å². The lowest BCUT2D eigenvalue weighted by molar-refractivity contribution is -0.384. The maximum atomic E-state index is 12.7. The molecule has 24 heavy (non-hydrogen) atoms. The molecule has 1 aliphatic heterocycles. The van der Waals surface area contributed by atoms with Gasteiger partial charge in [-0.3, -0.25) is 19.9 Å². The SMILES string of the molecule is O=C(Cc1ccc(Br)cc1)N1CCN=Cc2cc([N+](=O)[O-])ccc21. The number of fused-ring (bicyclic) bond motifs is 1. The molecule has 6 nitrogen and oxygen atoms in total. The average molecular weight is 388 g/mol. The molecule has 0 atom stereocenters. The average Bonchev–Trinajstić information content (AvgIpc) is 2.78. The number of anilines is 1. The summed E-state index contributed by atoms with van der Waals surface area (Å²) in [6.45, 7) is 0.922. The van der Waals surface area contributed by atoms with Crippen LogP contribution in [0.5, 0.6) is 0 Å². The van der Waals surface area contributed by atoms with E-state index in [2.05, 4.69) is 20.9 Å². The molecule has 0 radical (unpaired) electrons. The molecule has 0 saturated carbocycles. The van der Waals surface area contributed by atoms with Crippen molar-refractivity contribution < 1.29 is 9.72 Å². The molecule has 0 fully saturated rings. The van der Waals surface area contributed by atoms with Crippen LogP contribution in [-0.4, -0.2) is 30.1 Å². The topological polar surface area (TPSA) is 75.8 Å². The van der Waals surface area contributed by atoms with Gasteiger partial charge in [0.1, 0.15) is 0 Å². The third-order valence-corrected chi connectivity index (χ3v) is 4.29. The van der Waals surface area contributed by atoms with E-state index in [4.69, 9.17) is 0 Å². The summed E-state index contributed by atoms with van der Waals surface area (Å²) in [7, 11) is 0. The van der Waals surface area contributed by atoms with Crippen LogP contribution < -0.4 is 4.90 Å². The second kappa shape index (κ2) is 6.92. The predicted molar refractivity (Wildman–Crippen MR) is 95.8 cm³/mol. The lowest BCUT2D eigenvalue weighted by Gasteiger charge is -2.22. The lowest BCUT2D eigenvalue weighted by Crippen LogP contribution is -2.34. The van der Waals surface area contributed by atoms with Crippen molar-refractivity contribution in [2.75, 3.05) is 18.0 Å². The molecule has 0 aromatic heterocycles. The minimum atomic E-state index is -0.451. The first-order valence-electron chi connectivity index (χ1n) is 7.37. The summed E-state index contributed by atoms with van der Waals surface area (Å²) < 4.78 is 0.958. The molecule has 2 aromatic rings. The van der Waals surface area contributed by atoms with Gasteiger partial charge < -0.3 is 4.90 Å². The number of carbonyl (C=O) groups is 1. The number of amides is 1. The number of hydrogen-bond acceptors (Lipinski definition) is 4. The zero-order valence-electron chi connectivity index (χ0n) is 12.7. The summed E-state index contributed by atoms with van der Waals surface area (Å²) in [6, 6.07) is 12.1. The first-order valence-corrected chi connectivity index (χ1v) is 8.17. The van der Waals surface area contributed by atoms with Crippen molar-refractivity contribution >= 4 is 39.4 Å². The number of benzene rings is 2. The van der Waals surface area contributed by atoms with Gasteiger partial charge in [0.05, 0.1) is 23.6 Å². The van der Waals surface area contributed by atoms with Crippen LogP contribution >= 0.6 is 15.9 Å². The highest BCUT2D eigenvalue weighted by Crippen LogP contribution is 2.26. The van der Waals surface area contributed by atoms with Crippen molar-refractivity contribution in [3.05, 3.63) is 68.2 Å². The number of nitro benzene ring substituents is 1. The smallest absolute Gasteiger partial charge is 0.270 e. The van der Waals surface area contributed by atoms with Crippen LogP contribution in [-0.2, 0) is 11.2 Å². The van der Waals surface area contributed by atoms with E-state index in [1.807, 2.05) is 24.3 Å². The van der Waals surface area contributed by atoms with Crippen molar-refractivity contribution in [2.24, 2.45) is 4.99 Å². The van der Waals surface area contributed by atoms with E-state index in [0.29, 0.717) is 24.3 Å². The number of nitro groups is 1. The zero-order valence-corrected chi connectivity index (χ0v) is 14.3. The summed E-state index contributed by atoms with van der Waals surface area (Å²) in [4.78, 5) is 29.1. The molecule has 0 spiro atoms. The third kappa shape index (κ3) is 3.51. The molecule has 1 aliphatic rings. The van der Waals surface area contributed by atoms with Crippen LogP contribution in [0.3, 0.4) is 0 Å². The highest BCUT2D eigenvalue weighted by molar-refractivity contribution is 9.10. The Hall–Kier alpha value is -2.54. The molecular formula is C17H14BrN3O3. The van der Waals surface area contributed by atoms with Crippen molar-refractivity contribution in [1.82, 2.24) is 0 Å². The largest absolute Gasteiger partial charge is 0.310 e. The van der Waals surface area contributed by atoms with Gasteiger partial charge in [-0.1, -0.05) is 28.1 Å². The molecule has 0 unspecified atom stereocenters. The summed E-state index contributed by atoms with van der Waals surface area (Å²) in [5.41, 5.74) is 2.15. The van der Waals surface area contributed by atoms with E-state index < -0.39 is 4.92 Å². The Morgan fingerprint density at radius 2 is 2.00 bits per heavy atom. The molecule has 1 heterocycles. The van der Waals surface area contributed by atoms with Gasteiger partial charge in [0, 0.05) is 34.9 Å². The van der Waals surface area contributed by atoms with Gasteiger partial charge in [0.25, 0.3) is 5.69 Å². The molecular weight excluding hydrogens is 374 g/mol. The van der Waals surface area contributed by atoms with E-state index in [-0.39, 0.29) is 18.0 Å². The molecule has 122 valence electrons. The van der Waals surface area contributed by atoms with Crippen molar-refractivity contribution in [3.63, 3.8) is 0 Å². The molecule has 2 aromatic carbocycles. The van der Waals surface area contributed by atoms with Gasteiger partial charge in [0.2, 0.25) is 5.91 Å². The molecule has 0 bridgehead atoms. The number of benzodiazepines with no additional fused rings is 1. The van der Waals surface area contributed by atoms with Crippen molar-refractivity contribution in [3.8, 4) is 0 Å². The Morgan fingerprint density at radius 1 is 1.25 bits per heavy atom. The highest BCUT2D eigenvalue weighted by atomic mass is 79.9. The Kier molecular flexibility index (Phi) is 4.71. The molecule has 1 amide bonds. The fourth-order valence-electron chi connectivity index (χ4n) is 2.58. The van der Waals surface area contributed by atoms with Gasteiger partial charge in [0.15, 0.2) is 0 Å². The van der Waals surface area contributed by atoms with E-state index in [9.17, 15) is 14.9 Å². The lowest BCUT2D eigenvalue weighted by atomic mass is 10.1. The standard InChI is InChI=1S/C17H14BrN3O3/c18-14-3-1-12(2-4-14)9-17(22)20-8-7-19-11-13-10-15(21(23)24)5-6-16(13)20/h1-6,10-11H,7-9H2. The fraction of sp³-hybridized carbons (Fsp3) is 0.176. The van der Waals surface area contributed by atoms with E-state index in [0.717, 1.165) is 10.0 Å². The normalized spacial score (nSPS) is 13.3. The summed E-state index contributed by atoms with van der Waals surface area (Å²) >= 11 is 3.37. The number of nitrogens with zero attached hydrogens (tertiary/aromatic N) is 3. The second-order valence-corrected chi connectivity index (χ2v) is 6.30. The van der Waals surface area contributed by atoms with E-state index in [1.54, 1.807) is 17.2 Å². The Balaban J connectivity index is 1.88. The van der Waals surface area contributed by atoms with Crippen LogP contribution in [0.4, 0.5) is 11.4 Å². The third-order valence-electron chi connectivity index (χ3n) is 3.77. The number of aliphatic imine (C=N–C) groups is 1. The van der Waals surface area contributed by atoms with E-state index >= 15 is 0 Å². The van der Waals surface area contributed by atoms with Gasteiger partial charge in [-0.05, 0) is 23.8 Å². The van der Waals surface area contributed by atoms with E-state index in [1.165, 1.54) is 12.1 Å². The van der Waals surface area contributed by atoms with Gasteiger partial charge in [-0.15, -0.1) is 0 Å². The maximum Gasteiger partial charge on any atom is 0.270 e. The van der Waals surface area contributed by atoms with Crippen LogP contribution in [0.1, 0.15) is 11.1 Å². The summed E-state index contributed by atoms with van der Waals surface area (Å²) in [6.07, 6.45) is 1.86. The quantitative estimate of drug-likeness (QED) is 0.598. The minimum Gasteiger partial charge on any atom is -0.310 e. The predicted octanol–water partition coefficient (Wildman–Crippen LogP) is 3.37. The first kappa shape index (κ1) is 16.3. The van der Waals surface area contributed by atoms with Crippen LogP contribution in [0.15, 0.2) is 51.9 Å². The molecule has 0 saturated heterocycles. The Morgan fingerprint density at radius 3 is 2.71 bits per heavy atom. The first-order chi connectivity index (χ1) is 11.5. The number of halogens is 1. The summed E-state index contributed by atoms with van der Waals surface area (Å²) in [5, 5.41) is 10.9. The van der Waals surface area contributed by atoms with Crippen molar-refractivity contribution in [1.29, 1.82) is 0 Å². The van der Waals surface area contributed by atoms with Crippen LogP contribution in [0.25, 0.3) is 0 Å². The zero-order chi connectivity index (χ0) is 17.1. The summed E-state index contributed by atoms with van der Waals surface area (Å²) in [5.74, 6) is -0.0575.